The van der Waals surface area contributed by atoms with Crippen LogP contribution in [-0.4, -0.2) is 0 Å². The number of hydrogen-bond donors (Lipinski definition) is 0. The van der Waals surface area contributed by atoms with Gasteiger partial charge in [-0.05, 0) is 35.3 Å². The van der Waals surface area contributed by atoms with E-state index in [4.69, 9.17) is 0 Å². The second-order valence-electron chi connectivity index (χ2n) is 4.95. The summed E-state index contributed by atoms with van der Waals surface area (Å²) >= 11 is 0. The summed E-state index contributed by atoms with van der Waals surface area (Å²) in [5, 5.41) is 0. The maximum Gasteiger partial charge on any atom is -0.00441 e. The van der Waals surface area contributed by atoms with Crippen LogP contribution in [0.15, 0.2) is 23.3 Å². The number of hydrogen-bond acceptors (Lipinski definition) is 0. The molecule has 0 aromatic carbocycles. The summed E-state index contributed by atoms with van der Waals surface area (Å²) < 4.78 is 0. The lowest BCUT2D eigenvalue weighted by Gasteiger charge is -2.22. The molecule has 0 aliphatic heterocycles. The van der Waals surface area contributed by atoms with E-state index in [1.807, 2.05) is 0 Å². The Kier molecular flexibility index (Phi) is 3.00. The van der Waals surface area contributed by atoms with Crippen molar-refractivity contribution in [2.24, 2.45) is 11.3 Å². The first-order chi connectivity index (χ1) is 5.99. The Morgan fingerprint density at radius 1 is 1.15 bits per heavy atom. The highest BCUT2D eigenvalue weighted by molar-refractivity contribution is 5.42. The van der Waals surface area contributed by atoms with Crippen molar-refractivity contribution in [3.8, 4) is 0 Å². The zero-order chi connectivity index (χ0) is 10.1. The first-order valence-electron chi connectivity index (χ1n) is 5.42. The van der Waals surface area contributed by atoms with Crippen molar-refractivity contribution in [3.63, 3.8) is 0 Å². The molecular weight excluding hydrogens is 156 g/mol. The molecule has 74 valence electrons. The third kappa shape index (κ3) is 2.24. The Hall–Kier alpha value is -0.520. The van der Waals surface area contributed by atoms with E-state index in [9.17, 15) is 0 Å². The van der Waals surface area contributed by atoms with E-state index in [1.54, 1.807) is 11.1 Å². The van der Waals surface area contributed by atoms with Crippen LogP contribution in [-0.2, 0) is 0 Å². The highest BCUT2D eigenvalue weighted by atomic mass is 14.3. The van der Waals surface area contributed by atoms with E-state index >= 15 is 0 Å². The molecule has 0 nitrogen and oxygen atoms in total. The minimum atomic E-state index is 0.325. The second-order valence-corrected chi connectivity index (χ2v) is 4.95. The van der Waals surface area contributed by atoms with Crippen LogP contribution in [0.3, 0.4) is 0 Å². The van der Waals surface area contributed by atoms with Gasteiger partial charge in [-0.15, -0.1) is 0 Å². The molecule has 0 bridgehead atoms. The van der Waals surface area contributed by atoms with E-state index in [0.717, 1.165) is 0 Å². The summed E-state index contributed by atoms with van der Waals surface area (Å²) in [5.41, 5.74) is 3.47. The molecule has 0 heteroatoms. The van der Waals surface area contributed by atoms with E-state index in [0.29, 0.717) is 11.3 Å². The van der Waals surface area contributed by atoms with Gasteiger partial charge < -0.3 is 0 Å². The van der Waals surface area contributed by atoms with E-state index in [-0.39, 0.29) is 0 Å². The molecule has 0 amide bonds. The Morgan fingerprint density at radius 2 is 1.77 bits per heavy atom. The van der Waals surface area contributed by atoms with Gasteiger partial charge in [-0.1, -0.05) is 46.8 Å². The van der Waals surface area contributed by atoms with Crippen LogP contribution in [0.4, 0.5) is 0 Å². The van der Waals surface area contributed by atoms with Gasteiger partial charge in [0, 0.05) is 0 Å². The van der Waals surface area contributed by atoms with Crippen molar-refractivity contribution in [1.82, 2.24) is 0 Å². The normalized spacial score (nSPS) is 23.0. The maximum absolute atomic E-state index is 2.46. The molecular formula is C13H22. The van der Waals surface area contributed by atoms with Gasteiger partial charge >= 0.3 is 0 Å². The highest BCUT2D eigenvalue weighted by Crippen LogP contribution is 2.39. The SMILES string of the molecule is CCC1=CC(CC)C=C1C(C)(C)C. The summed E-state index contributed by atoms with van der Waals surface area (Å²) in [4.78, 5) is 0. The van der Waals surface area contributed by atoms with Gasteiger partial charge in [0.15, 0.2) is 0 Å². The Balaban J connectivity index is 2.92. The van der Waals surface area contributed by atoms with Crippen LogP contribution >= 0.6 is 0 Å². The standard InChI is InChI=1S/C13H22/c1-6-10-8-11(7-2)12(9-10)13(3,4)5/h8-10H,6-7H2,1-5H3. The summed E-state index contributed by atoms with van der Waals surface area (Å²) in [6.45, 7) is 11.4. The smallest absolute Gasteiger partial charge is 0.00441 e. The van der Waals surface area contributed by atoms with E-state index in [1.165, 1.54) is 12.8 Å². The predicted octanol–water partition coefficient (Wildman–Crippen LogP) is 4.34. The Labute approximate surface area is 82.7 Å². The lowest BCUT2D eigenvalue weighted by atomic mass is 9.82. The molecule has 0 spiro atoms. The quantitative estimate of drug-likeness (QED) is 0.590. The minimum Gasteiger partial charge on any atom is -0.0741 e. The molecule has 0 aromatic heterocycles. The number of rotatable bonds is 2. The average molecular weight is 178 g/mol. The van der Waals surface area contributed by atoms with Crippen molar-refractivity contribution in [1.29, 1.82) is 0 Å². The molecule has 1 unspecified atom stereocenters. The topological polar surface area (TPSA) is 0 Å². The average Bonchev–Trinajstić information content (AvgIpc) is 2.46. The summed E-state index contributed by atoms with van der Waals surface area (Å²) in [6.07, 6.45) is 7.32. The van der Waals surface area contributed by atoms with Crippen LogP contribution in [0.1, 0.15) is 47.5 Å². The molecule has 1 aliphatic carbocycles. The molecule has 0 fully saturated rings. The van der Waals surface area contributed by atoms with Gasteiger partial charge in [-0.25, -0.2) is 0 Å². The van der Waals surface area contributed by atoms with Crippen molar-refractivity contribution >= 4 is 0 Å². The molecule has 0 N–H and O–H groups in total. The molecule has 1 atom stereocenters. The largest absolute Gasteiger partial charge is 0.0741 e. The van der Waals surface area contributed by atoms with Crippen LogP contribution < -0.4 is 0 Å². The molecule has 1 rings (SSSR count). The fraction of sp³-hybridized carbons (Fsp3) is 0.692. The summed E-state index contributed by atoms with van der Waals surface area (Å²) in [7, 11) is 0. The van der Waals surface area contributed by atoms with Gasteiger partial charge in [-0.2, -0.15) is 0 Å². The van der Waals surface area contributed by atoms with Crippen molar-refractivity contribution < 1.29 is 0 Å². The lowest BCUT2D eigenvalue weighted by Crippen LogP contribution is -2.09. The maximum atomic E-state index is 2.46. The molecule has 0 heterocycles. The predicted molar refractivity (Wildman–Crippen MR) is 59.7 cm³/mol. The van der Waals surface area contributed by atoms with Crippen LogP contribution in [0, 0.1) is 11.3 Å². The molecule has 1 aliphatic rings. The molecule has 0 saturated heterocycles. The zero-order valence-corrected chi connectivity index (χ0v) is 9.65. The Bertz CT molecular complexity index is 235. The lowest BCUT2D eigenvalue weighted by molar-refractivity contribution is 0.507. The van der Waals surface area contributed by atoms with Gasteiger partial charge in [0.25, 0.3) is 0 Å². The second kappa shape index (κ2) is 3.69. The summed E-state index contributed by atoms with van der Waals surface area (Å²) in [6, 6.07) is 0. The van der Waals surface area contributed by atoms with E-state index < -0.39 is 0 Å². The van der Waals surface area contributed by atoms with Crippen molar-refractivity contribution in [3.05, 3.63) is 23.3 Å². The third-order valence-corrected chi connectivity index (χ3v) is 2.80. The fourth-order valence-corrected chi connectivity index (χ4v) is 1.99. The molecule has 0 saturated carbocycles. The summed E-state index contributed by atoms with van der Waals surface area (Å²) in [5.74, 6) is 0.698. The van der Waals surface area contributed by atoms with E-state index in [2.05, 4.69) is 46.8 Å². The van der Waals surface area contributed by atoms with Gasteiger partial charge in [0.1, 0.15) is 0 Å². The highest BCUT2D eigenvalue weighted by Gasteiger charge is 2.24. The van der Waals surface area contributed by atoms with Crippen molar-refractivity contribution in [2.45, 2.75) is 47.5 Å². The van der Waals surface area contributed by atoms with Crippen LogP contribution in [0.5, 0.6) is 0 Å². The molecule has 13 heavy (non-hydrogen) atoms. The zero-order valence-electron chi connectivity index (χ0n) is 9.65. The first-order valence-corrected chi connectivity index (χ1v) is 5.42. The van der Waals surface area contributed by atoms with Gasteiger partial charge in [-0.3, -0.25) is 0 Å². The van der Waals surface area contributed by atoms with Crippen molar-refractivity contribution in [2.75, 3.05) is 0 Å². The molecule has 0 aromatic rings. The number of allylic oxidation sites excluding steroid dienone is 4. The van der Waals surface area contributed by atoms with Crippen LogP contribution in [0.25, 0.3) is 0 Å². The Morgan fingerprint density at radius 3 is 2.08 bits per heavy atom. The minimum absolute atomic E-state index is 0.325. The molecule has 0 radical (unpaired) electrons. The van der Waals surface area contributed by atoms with Crippen LogP contribution in [0.2, 0.25) is 0 Å². The first kappa shape index (κ1) is 10.6. The fourth-order valence-electron chi connectivity index (χ4n) is 1.99. The third-order valence-electron chi connectivity index (χ3n) is 2.80. The van der Waals surface area contributed by atoms with Gasteiger partial charge in [0.05, 0.1) is 0 Å². The monoisotopic (exact) mass is 178 g/mol. The van der Waals surface area contributed by atoms with Gasteiger partial charge in [0.2, 0.25) is 0 Å².